The highest BCUT2D eigenvalue weighted by Gasteiger charge is 2.05. The number of nitrogens with zero attached hydrogens (tertiary/aromatic N) is 1. The van der Waals surface area contributed by atoms with Gasteiger partial charge in [0.15, 0.2) is 0 Å². The zero-order chi connectivity index (χ0) is 11.2. The van der Waals surface area contributed by atoms with Crippen molar-refractivity contribution in [3.8, 4) is 16.9 Å². The molecule has 0 aliphatic rings. The molecule has 2 nitrogen and oxygen atoms in total. The molecule has 0 saturated heterocycles. The second kappa shape index (κ2) is 5.31. The lowest BCUT2D eigenvalue weighted by Crippen LogP contribution is -1.97. The van der Waals surface area contributed by atoms with Crippen molar-refractivity contribution in [1.29, 1.82) is 0 Å². The average molecular weight is 212 g/mol. The summed E-state index contributed by atoms with van der Waals surface area (Å²) in [5.41, 5.74) is 2.01. The van der Waals surface area contributed by atoms with Gasteiger partial charge in [-0.05, 0) is 18.1 Å². The summed E-state index contributed by atoms with van der Waals surface area (Å²) in [6.07, 6.45) is 5.69. The van der Waals surface area contributed by atoms with Crippen LogP contribution in [0.5, 0.6) is 5.75 Å². The molecule has 1 radical (unpaired) electrons. The van der Waals surface area contributed by atoms with Gasteiger partial charge in [-0.3, -0.25) is 4.98 Å². The standard InChI is InChI=1S/C14H14NO/c1-2-10-16-14-8-9-15-11-13(14)12-6-4-3-5-7-12/h3-9H,2,10H2,1H3. The predicted molar refractivity (Wildman–Crippen MR) is 64.3 cm³/mol. The lowest BCUT2D eigenvalue weighted by atomic mass is 10.1. The molecule has 0 N–H and O–H groups in total. The number of hydrogen-bond donors (Lipinski definition) is 0. The molecule has 0 atom stereocenters. The van der Waals surface area contributed by atoms with Crippen molar-refractivity contribution in [3.05, 3.63) is 48.8 Å². The highest BCUT2D eigenvalue weighted by Crippen LogP contribution is 2.28. The maximum atomic E-state index is 5.67. The van der Waals surface area contributed by atoms with E-state index in [4.69, 9.17) is 4.74 Å². The third-order valence-electron chi connectivity index (χ3n) is 2.25. The summed E-state index contributed by atoms with van der Waals surface area (Å²) in [6, 6.07) is 11.9. The van der Waals surface area contributed by atoms with E-state index < -0.39 is 0 Å². The Balaban J connectivity index is 2.33. The molecule has 81 valence electrons. The van der Waals surface area contributed by atoms with Crippen LogP contribution in [0.3, 0.4) is 0 Å². The van der Waals surface area contributed by atoms with Crippen LogP contribution in [0.15, 0.2) is 42.6 Å². The van der Waals surface area contributed by atoms with Crippen LogP contribution in [0, 0.1) is 6.20 Å². The van der Waals surface area contributed by atoms with Crippen LogP contribution >= 0.6 is 0 Å². The van der Waals surface area contributed by atoms with E-state index in [1.165, 1.54) is 0 Å². The molecule has 16 heavy (non-hydrogen) atoms. The van der Waals surface area contributed by atoms with Gasteiger partial charge in [0.05, 0.1) is 12.2 Å². The molecule has 0 spiro atoms. The van der Waals surface area contributed by atoms with E-state index in [1.807, 2.05) is 36.4 Å². The fourth-order valence-corrected chi connectivity index (χ4v) is 1.49. The van der Waals surface area contributed by atoms with Gasteiger partial charge in [-0.25, -0.2) is 0 Å². The van der Waals surface area contributed by atoms with Crippen molar-refractivity contribution >= 4 is 0 Å². The molecule has 2 aromatic rings. The van der Waals surface area contributed by atoms with Gasteiger partial charge < -0.3 is 4.74 Å². The zero-order valence-electron chi connectivity index (χ0n) is 9.31. The first-order valence-corrected chi connectivity index (χ1v) is 5.46. The van der Waals surface area contributed by atoms with Gasteiger partial charge in [-0.15, -0.1) is 0 Å². The molecular formula is C14H14NO. The van der Waals surface area contributed by atoms with E-state index in [9.17, 15) is 0 Å². The van der Waals surface area contributed by atoms with E-state index in [0.717, 1.165) is 29.9 Å². The molecule has 0 amide bonds. The third-order valence-corrected chi connectivity index (χ3v) is 2.25. The van der Waals surface area contributed by atoms with Crippen LogP contribution in [0.1, 0.15) is 13.3 Å². The van der Waals surface area contributed by atoms with Crippen LogP contribution in [0.2, 0.25) is 0 Å². The Kier molecular flexibility index (Phi) is 3.54. The predicted octanol–water partition coefficient (Wildman–Crippen LogP) is 3.34. The average Bonchev–Trinajstić information content (AvgIpc) is 2.38. The van der Waals surface area contributed by atoms with Crippen molar-refractivity contribution in [2.45, 2.75) is 13.3 Å². The second-order valence-electron chi connectivity index (χ2n) is 3.51. The van der Waals surface area contributed by atoms with Gasteiger partial charge in [0.2, 0.25) is 0 Å². The Hall–Kier alpha value is -1.83. The van der Waals surface area contributed by atoms with Crippen molar-refractivity contribution < 1.29 is 4.74 Å². The van der Waals surface area contributed by atoms with E-state index >= 15 is 0 Å². The first-order valence-electron chi connectivity index (χ1n) is 5.46. The van der Waals surface area contributed by atoms with Gasteiger partial charge in [0.1, 0.15) is 11.9 Å². The third kappa shape index (κ3) is 2.40. The molecular weight excluding hydrogens is 198 g/mol. The van der Waals surface area contributed by atoms with Gasteiger partial charge >= 0.3 is 0 Å². The first-order chi connectivity index (χ1) is 7.92. The minimum atomic E-state index is 0.720. The zero-order valence-corrected chi connectivity index (χ0v) is 9.31. The fraction of sp³-hybridized carbons (Fsp3) is 0.214. The topological polar surface area (TPSA) is 22.1 Å². The normalized spacial score (nSPS) is 10.1. The van der Waals surface area contributed by atoms with E-state index in [-0.39, 0.29) is 0 Å². The van der Waals surface area contributed by atoms with Crippen LogP contribution < -0.4 is 4.74 Å². The van der Waals surface area contributed by atoms with Crippen molar-refractivity contribution in [2.75, 3.05) is 6.61 Å². The molecule has 2 heteroatoms. The van der Waals surface area contributed by atoms with Crippen molar-refractivity contribution in [1.82, 2.24) is 4.98 Å². The summed E-state index contributed by atoms with van der Waals surface area (Å²) in [7, 11) is 0. The summed E-state index contributed by atoms with van der Waals surface area (Å²) in [6.45, 7) is 2.81. The lowest BCUT2D eigenvalue weighted by Gasteiger charge is -2.09. The Morgan fingerprint density at radius 3 is 2.75 bits per heavy atom. The number of pyridine rings is 1. The van der Waals surface area contributed by atoms with Crippen LogP contribution in [-0.2, 0) is 0 Å². The molecule has 0 aliphatic heterocycles. The number of benzene rings is 1. The molecule has 1 heterocycles. The van der Waals surface area contributed by atoms with Crippen molar-refractivity contribution in [2.24, 2.45) is 0 Å². The van der Waals surface area contributed by atoms with Gasteiger partial charge in [0, 0.05) is 6.20 Å². The van der Waals surface area contributed by atoms with Gasteiger partial charge in [0.25, 0.3) is 0 Å². The smallest absolute Gasteiger partial charge is 0.130 e. The van der Waals surface area contributed by atoms with Gasteiger partial charge in [-0.2, -0.15) is 0 Å². The summed E-state index contributed by atoms with van der Waals surface area (Å²) in [4.78, 5) is 4.02. The van der Waals surface area contributed by atoms with Crippen molar-refractivity contribution in [3.63, 3.8) is 0 Å². The Labute approximate surface area is 95.9 Å². The fourth-order valence-electron chi connectivity index (χ4n) is 1.49. The largest absolute Gasteiger partial charge is 0.493 e. The van der Waals surface area contributed by atoms with Crippen LogP contribution in [0.4, 0.5) is 0 Å². The maximum Gasteiger partial charge on any atom is 0.130 e. The Morgan fingerprint density at radius 2 is 2.00 bits per heavy atom. The Morgan fingerprint density at radius 1 is 1.19 bits per heavy atom. The minimum Gasteiger partial charge on any atom is -0.493 e. The molecule has 1 aromatic heterocycles. The molecule has 2 rings (SSSR count). The monoisotopic (exact) mass is 212 g/mol. The SMILES string of the molecule is CCCOc1ccn[c]c1-c1ccccc1. The van der Waals surface area contributed by atoms with Crippen LogP contribution in [0.25, 0.3) is 11.1 Å². The highest BCUT2D eigenvalue weighted by molar-refractivity contribution is 5.68. The maximum absolute atomic E-state index is 5.67. The Bertz CT molecular complexity index is 439. The number of rotatable bonds is 4. The van der Waals surface area contributed by atoms with E-state index in [0.29, 0.717) is 0 Å². The molecule has 0 saturated carbocycles. The quantitative estimate of drug-likeness (QED) is 0.775. The summed E-state index contributed by atoms with van der Waals surface area (Å²) in [5.74, 6) is 0.850. The van der Waals surface area contributed by atoms with E-state index in [1.54, 1.807) is 6.20 Å². The summed E-state index contributed by atoms with van der Waals surface area (Å²) in [5, 5.41) is 0. The number of hydrogen-bond acceptors (Lipinski definition) is 2. The molecule has 0 unspecified atom stereocenters. The molecule has 1 aromatic carbocycles. The van der Waals surface area contributed by atoms with E-state index in [2.05, 4.69) is 18.1 Å². The summed E-state index contributed by atoms with van der Waals surface area (Å²) >= 11 is 0. The molecule has 0 fully saturated rings. The second-order valence-corrected chi connectivity index (χ2v) is 3.51. The van der Waals surface area contributed by atoms with Gasteiger partial charge in [-0.1, -0.05) is 37.3 Å². The number of aromatic nitrogens is 1. The minimum absolute atomic E-state index is 0.720. The highest BCUT2D eigenvalue weighted by atomic mass is 16.5. The molecule has 0 bridgehead atoms. The number of ether oxygens (including phenoxy) is 1. The van der Waals surface area contributed by atoms with Crippen LogP contribution in [-0.4, -0.2) is 11.6 Å². The summed E-state index contributed by atoms with van der Waals surface area (Å²) < 4.78 is 5.67. The lowest BCUT2D eigenvalue weighted by molar-refractivity contribution is 0.318. The molecule has 0 aliphatic carbocycles. The first kappa shape index (κ1) is 10.7.